The van der Waals surface area contributed by atoms with E-state index in [1.54, 1.807) is 0 Å². The SMILES string of the molecule is C1=C(c2c3ccccc3c(C3=Cc4ccccc4CC3)c3cc(-c4ccc(-c5nc6ccccc6n5-c5ccccc5)cc4)ccc23)CCc2ccccc21. The summed E-state index contributed by atoms with van der Waals surface area (Å²) in [6.45, 7) is 0. The minimum atomic E-state index is 0.947. The Bertz CT molecular complexity index is 3010. The lowest BCUT2D eigenvalue weighted by molar-refractivity contribution is 1.00. The van der Waals surface area contributed by atoms with E-state index in [-0.39, 0.29) is 0 Å². The first-order valence-electron chi connectivity index (χ1n) is 19.5. The molecule has 2 aliphatic carbocycles. The second kappa shape index (κ2) is 13.0. The summed E-state index contributed by atoms with van der Waals surface area (Å²) in [7, 11) is 0. The number of para-hydroxylation sites is 3. The summed E-state index contributed by atoms with van der Waals surface area (Å²) in [6.07, 6.45) is 9.07. The second-order valence-corrected chi connectivity index (χ2v) is 15.0. The van der Waals surface area contributed by atoms with E-state index in [0.29, 0.717) is 0 Å². The van der Waals surface area contributed by atoms with Crippen LogP contribution in [0.5, 0.6) is 0 Å². The first-order valence-corrected chi connectivity index (χ1v) is 19.5. The van der Waals surface area contributed by atoms with Crippen molar-refractivity contribution in [2.75, 3.05) is 0 Å². The average Bonchev–Trinajstić information content (AvgIpc) is 3.65. The van der Waals surface area contributed by atoms with E-state index in [1.807, 2.05) is 0 Å². The lowest BCUT2D eigenvalue weighted by atomic mass is 9.79. The van der Waals surface area contributed by atoms with Crippen molar-refractivity contribution in [3.63, 3.8) is 0 Å². The van der Waals surface area contributed by atoms with E-state index in [1.165, 1.54) is 77.2 Å². The molecule has 0 aliphatic heterocycles. The highest BCUT2D eigenvalue weighted by molar-refractivity contribution is 6.19. The number of nitrogens with zero attached hydrogens (tertiary/aromatic N) is 2. The summed E-state index contributed by atoms with van der Waals surface area (Å²) in [4.78, 5) is 5.13. The largest absolute Gasteiger partial charge is 0.292 e. The van der Waals surface area contributed by atoms with E-state index in [4.69, 9.17) is 4.98 Å². The van der Waals surface area contributed by atoms with Crippen LogP contribution >= 0.6 is 0 Å². The number of allylic oxidation sites excluding steroid dienone is 2. The van der Waals surface area contributed by atoms with Crippen molar-refractivity contribution in [2.24, 2.45) is 0 Å². The fourth-order valence-electron chi connectivity index (χ4n) is 9.18. The number of aryl methyl sites for hydroxylation is 2. The molecule has 0 saturated carbocycles. The molecule has 9 aromatic rings. The quantitative estimate of drug-likeness (QED) is 0.163. The number of imidazole rings is 1. The molecule has 0 N–H and O–H groups in total. The van der Waals surface area contributed by atoms with Crippen LogP contribution < -0.4 is 0 Å². The molecule has 0 fully saturated rings. The average molecular weight is 703 g/mol. The normalized spacial score (nSPS) is 13.7. The van der Waals surface area contributed by atoms with Gasteiger partial charge in [0, 0.05) is 11.3 Å². The Morgan fingerprint density at radius 2 is 0.927 bits per heavy atom. The van der Waals surface area contributed by atoms with Gasteiger partial charge in [0.25, 0.3) is 0 Å². The third-order valence-electron chi connectivity index (χ3n) is 11.8. The van der Waals surface area contributed by atoms with Crippen LogP contribution in [0.2, 0.25) is 0 Å². The fraction of sp³-hybridized carbons (Fsp3) is 0.0755. The number of hydrogen-bond donors (Lipinski definition) is 0. The van der Waals surface area contributed by atoms with Gasteiger partial charge in [-0.1, -0.05) is 152 Å². The topological polar surface area (TPSA) is 17.8 Å². The molecule has 0 atom stereocenters. The van der Waals surface area contributed by atoms with Gasteiger partial charge in [-0.15, -0.1) is 0 Å². The molecule has 55 heavy (non-hydrogen) atoms. The van der Waals surface area contributed by atoms with Crippen LogP contribution in [0.15, 0.2) is 170 Å². The van der Waals surface area contributed by atoms with Gasteiger partial charge in [-0.25, -0.2) is 4.98 Å². The molecule has 8 aromatic carbocycles. The van der Waals surface area contributed by atoms with E-state index < -0.39 is 0 Å². The summed E-state index contributed by atoms with van der Waals surface area (Å²) in [6, 6.07) is 62.1. The van der Waals surface area contributed by atoms with Gasteiger partial charge in [0.2, 0.25) is 0 Å². The zero-order valence-corrected chi connectivity index (χ0v) is 30.5. The van der Waals surface area contributed by atoms with Crippen molar-refractivity contribution in [2.45, 2.75) is 25.7 Å². The van der Waals surface area contributed by atoms with Crippen molar-refractivity contribution in [1.82, 2.24) is 9.55 Å². The van der Waals surface area contributed by atoms with Gasteiger partial charge in [-0.3, -0.25) is 4.57 Å². The van der Waals surface area contributed by atoms with Crippen molar-refractivity contribution in [3.8, 4) is 28.2 Å². The minimum Gasteiger partial charge on any atom is -0.292 e. The first-order chi connectivity index (χ1) is 27.3. The number of benzene rings is 8. The van der Waals surface area contributed by atoms with Crippen LogP contribution in [0.3, 0.4) is 0 Å². The lowest BCUT2D eigenvalue weighted by Crippen LogP contribution is -2.03. The molecule has 0 bridgehead atoms. The zero-order chi connectivity index (χ0) is 36.3. The van der Waals surface area contributed by atoms with Crippen molar-refractivity contribution in [3.05, 3.63) is 203 Å². The van der Waals surface area contributed by atoms with Crippen LogP contribution in [-0.2, 0) is 12.8 Å². The third kappa shape index (κ3) is 5.36. The monoisotopic (exact) mass is 702 g/mol. The predicted octanol–water partition coefficient (Wildman–Crippen LogP) is 13.6. The summed E-state index contributed by atoms with van der Waals surface area (Å²) in [5.74, 6) is 0.947. The molecule has 0 spiro atoms. The van der Waals surface area contributed by atoms with Gasteiger partial charge >= 0.3 is 0 Å². The predicted molar refractivity (Wildman–Crippen MR) is 232 cm³/mol. The lowest BCUT2D eigenvalue weighted by Gasteiger charge is -2.25. The number of aromatic nitrogens is 2. The minimum absolute atomic E-state index is 0.947. The van der Waals surface area contributed by atoms with E-state index in [0.717, 1.165) is 53.8 Å². The van der Waals surface area contributed by atoms with Gasteiger partial charge in [-0.05, 0) is 133 Å². The molecule has 0 saturated heterocycles. The molecule has 1 heterocycles. The summed E-state index contributed by atoms with van der Waals surface area (Å²) >= 11 is 0. The molecular formula is C53H38N2. The Balaban J connectivity index is 1.10. The maximum Gasteiger partial charge on any atom is 0.145 e. The van der Waals surface area contributed by atoms with Gasteiger partial charge < -0.3 is 0 Å². The van der Waals surface area contributed by atoms with Gasteiger partial charge in [-0.2, -0.15) is 0 Å². The van der Waals surface area contributed by atoms with Crippen LogP contribution in [0, 0.1) is 0 Å². The molecule has 2 nitrogen and oxygen atoms in total. The molecule has 2 heteroatoms. The van der Waals surface area contributed by atoms with E-state index in [9.17, 15) is 0 Å². The Morgan fingerprint density at radius 3 is 1.62 bits per heavy atom. The highest BCUT2D eigenvalue weighted by Crippen LogP contribution is 2.46. The zero-order valence-electron chi connectivity index (χ0n) is 30.5. The van der Waals surface area contributed by atoms with Gasteiger partial charge in [0.1, 0.15) is 5.82 Å². The van der Waals surface area contributed by atoms with E-state index in [2.05, 4.69) is 187 Å². The summed E-state index contributed by atoms with van der Waals surface area (Å²) in [5, 5.41) is 5.33. The molecule has 2 aliphatic rings. The number of hydrogen-bond acceptors (Lipinski definition) is 1. The molecular weight excluding hydrogens is 665 g/mol. The van der Waals surface area contributed by atoms with Crippen LogP contribution in [0.25, 0.3) is 84.1 Å². The fourth-order valence-corrected chi connectivity index (χ4v) is 9.18. The van der Waals surface area contributed by atoms with Crippen molar-refractivity contribution < 1.29 is 0 Å². The third-order valence-corrected chi connectivity index (χ3v) is 11.8. The van der Waals surface area contributed by atoms with Crippen LogP contribution in [0.4, 0.5) is 0 Å². The Labute approximate surface area is 321 Å². The highest BCUT2D eigenvalue weighted by atomic mass is 15.1. The number of fused-ring (bicyclic) bond motifs is 5. The standard InChI is InChI=1S/C53H38N2/c1-2-16-44(17-3-1)55-50-21-11-10-20-49(50)54-53(55)38-26-22-37(23-27-38)41-30-31-47-48(34-41)52(43-29-25-36-13-5-7-15-40(36)33-43)46-19-9-8-18-45(46)51(47)42-28-24-35-12-4-6-14-39(35)32-42/h1-23,26-27,30-34H,24-25,28-29H2. The smallest absolute Gasteiger partial charge is 0.145 e. The van der Waals surface area contributed by atoms with Gasteiger partial charge in [0.15, 0.2) is 0 Å². The van der Waals surface area contributed by atoms with Crippen molar-refractivity contribution in [1.29, 1.82) is 0 Å². The van der Waals surface area contributed by atoms with Gasteiger partial charge in [0.05, 0.1) is 11.0 Å². The van der Waals surface area contributed by atoms with E-state index >= 15 is 0 Å². The Hall–Kier alpha value is -6.77. The van der Waals surface area contributed by atoms with Crippen LogP contribution in [0.1, 0.15) is 46.2 Å². The molecule has 1 aromatic heterocycles. The van der Waals surface area contributed by atoms with Crippen molar-refractivity contribution >= 4 is 55.9 Å². The highest BCUT2D eigenvalue weighted by Gasteiger charge is 2.23. The molecule has 260 valence electrons. The summed E-state index contributed by atoms with van der Waals surface area (Å²) in [5.41, 5.74) is 17.9. The maximum atomic E-state index is 5.13. The first kappa shape index (κ1) is 31.7. The van der Waals surface area contributed by atoms with Crippen LogP contribution in [-0.4, -0.2) is 9.55 Å². The maximum absolute atomic E-state index is 5.13. The Morgan fingerprint density at radius 1 is 0.400 bits per heavy atom. The molecule has 11 rings (SSSR count). The summed E-state index contributed by atoms with van der Waals surface area (Å²) < 4.78 is 2.27. The molecule has 0 amide bonds. The number of rotatable bonds is 5. The molecule has 0 radical (unpaired) electrons. The second-order valence-electron chi connectivity index (χ2n) is 15.0. The molecule has 0 unspecified atom stereocenters. The Kier molecular flexibility index (Phi) is 7.48.